The maximum absolute atomic E-state index is 13.8. The second kappa shape index (κ2) is 7.52. The average molecular weight is 466 g/mol. The molecule has 2 unspecified atom stereocenters. The second-order valence-corrected chi connectivity index (χ2v) is 10.6. The van der Waals surface area contributed by atoms with Crippen molar-refractivity contribution in [2.45, 2.75) is 43.7 Å². The second-order valence-electron chi connectivity index (χ2n) is 9.48. The number of halogens is 1. The van der Waals surface area contributed by atoms with Crippen molar-refractivity contribution in [1.82, 2.24) is 4.90 Å². The first-order valence-corrected chi connectivity index (χ1v) is 12.4. The first-order chi connectivity index (χ1) is 15.9. The minimum Gasteiger partial charge on any atom is -0.511 e. The fourth-order valence-corrected chi connectivity index (χ4v) is 7.10. The Morgan fingerprint density at radius 2 is 1.94 bits per heavy atom. The summed E-state index contributed by atoms with van der Waals surface area (Å²) in [6.07, 6.45) is 3.04. The van der Waals surface area contributed by atoms with Gasteiger partial charge in [-0.2, -0.15) is 4.40 Å². The third-order valence-corrected chi connectivity index (χ3v) is 8.60. The number of nitrogens with zero attached hydrogens (tertiary/aromatic N) is 2. The van der Waals surface area contributed by atoms with Gasteiger partial charge in [0.2, 0.25) is 0 Å². The zero-order valence-electron chi connectivity index (χ0n) is 18.1. The normalized spacial score (nSPS) is 30.1. The minimum atomic E-state index is -1.68. The number of benzene rings is 2. The summed E-state index contributed by atoms with van der Waals surface area (Å²) in [5.41, 5.74) is 2.52. The highest BCUT2D eigenvalue weighted by Gasteiger charge is 2.57. The predicted molar refractivity (Wildman–Crippen MR) is 123 cm³/mol. The van der Waals surface area contributed by atoms with E-state index in [1.54, 1.807) is 12.1 Å². The predicted octanol–water partition coefficient (Wildman–Crippen LogP) is 4.25. The van der Waals surface area contributed by atoms with Crippen molar-refractivity contribution in [2.24, 2.45) is 22.2 Å². The highest BCUT2D eigenvalue weighted by molar-refractivity contribution is 7.84. The molecule has 5 atom stereocenters. The molecule has 2 heterocycles. The average Bonchev–Trinajstić information content (AvgIpc) is 3.41. The van der Waals surface area contributed by atoms with E-state index in [4.69, 9.17) is 0 Å². The number of rotatable bonds is 3. The molecule has 0 radical (unpaired) electrons. The first-order valence-electron chi connectivity index (χ1n) is 11.3. The summed E-state index contributed by atoms with van der Waals surface area (Å²) >= 11 is 0. The molecule has 1 amide bonds. The van der Waals surface area contributed by atoms with Crippen LogP contribution in [-0.4, -0.2) is 32.0 Å². The molecular weight excluding hydrogens is 441 g/mol. The molecule has 6 nitrogen and oxygen atoms in total. The van der Waals surface area contributed by atoms with Gasteiger partial charge >= 0.3 is 0 Å². The van der Waals surface area contributed by atoms with E-state index in [1.807, 2.05) is 30.0 Å². The third kappa shape index (κ3) is 3.22. The van der Waals surface area contributed by atoms with E-state index in [0.29, 0.717) is 29.0 Å². The number of carbonyl (C=O) groups is 1. The van der Waals surface area contributed by atoms with Gasteiger partial charge in [0.1, 0.15) is 17.1 Å². The van der Waals surface area contributed by atoms with Crippen LogP contribution in [0.2, 0.25) is 0 Å². The maximum atomic E-state index is 13.8. The van der Waals surface area contributed by atoms with Gasteiger partial charge in [0.25, 0.3) is 5.91 Å². The lowest BCUT2D eigenvalue weighted by atomic mass is 9.77. The van der Waals surface area contributed by atoms with Crippen molar-refractivity contribution in [3.8, 4) is 0 Å². The van der Waals surface area contributed by atoms with Crippen LogP contribution in [0.1, 0.15) is 30.4 Å². The standard InChI is InChI=1S/C25H24FN3O3S/c1-13-2-9-18-19(10-13)33(32)28-24(27-18)21-23(30)20-15-5-6-16(11-15)22(20)29(25(21)31)12-14-3-7-17(26)8-4-14/h2-4,7-10,15-16,20,22,30H,5-6,11-12H2,1H3,(H,27,28)/t15-,16?,20+,22-,33?/m0/s1. The molecule has 2 saturated carbocycles. The van der Waals surface area contributed by atoms with E-state index >= 15 is 0 Å². The lowest BCUT2D eigenvalue weighted by Gasteiger charge is -2.44. The molecule has 0 aromatic heterocycles. The summed E-state index contributed by atoms with van der Waals surface area (Å²) in [5, 5.41) is 14.5. The van der Waals surface area contributed by atoms with E-state index in [-0.39, 0.29) is 40.9 Å². The highest BCUT2D eigenvalue weighted by atomic mass is 32.2. The highest BCUT2D eigenvalue weighted by Crippen LogP contribution is 2.55. The van der Waals surface area contributed by atoms with E-state index in [1.165, 1.54) is 12.1 Å². The summed E-state index contributed by atoms with van der Waals surface area (Å²) in [7, 11) is -1.68. The summed E-state index contributed by atoms with van der Waals surface area (Å²) in [4.78, 5) is 16.2. The Morgan fingerprint density at radius 3 is 2.73 bits per heavy atom. The lowest BCUT2D eigenvalue weighted by molar-refractivity contribution is -0.134. The molecule has 0 saturated heterocycles. The molecule has 8 heteroatoms. The van der Waals surface area contributed by atoms with Crippen LogP contribution < -0.4 is 5.32 Å². The van der Waals surface area contributed by atoms with Crippen LogP contribution in [0.3, 0.4) is 0 Å². The minimum absolute atomic E-state index is 0.0615. The molecule has 2 aliphatic heterocycles. The number of hydrogen-bond donors (Lipinski definition) is 2. The largest absolute Gasteiger partial charge is 0.511 e. The number of anilines is 1. The number of hydrogen-bond acceptors (Lipinski definition) is 4. The molecule has 33 heavy (non-hydrogen) atoms. The Balaban J connectivity index is 1.42. The number of aliphatic hydroxyl groups excluding tert-OH is 1. The fraction of sp³-hybridized carbons (Fsp3) is 0.360. The molecule has 2 aliphatic carbocycles. The number of amidine groups is 1. The number of carbonyl (C=O) groups excluding carboxylic acids is 1. The zero-order valence-corrected chi connectivity index (χ0v) is 18.9. The van der Waals surface area contributed by atoms with E-state index in [9.17, 15) is 18.5 Å². The Kier molecular flexibility index (Phi) is 4.69. The maximum Gasteiger partial charge on any atom is 0.261 e. The summed E-state index contributed by atoms with van der Waals surface area (Å²) in [6, 6.07) is 11.6. The Labute approximate surface area is 193 Å². The van der Waals surface area contributed by atoms with Gasteiger partial charge in [0, 0.05) is 18.5 Å². The van der Waals surface area contributed by atoms with Gasteiger partial charge in [-0.1, -0.05) is 18.2 Å². The topological polar surface area (TPSA) is 82.0 Å². The van der Waals surface area contributed by atoms with Crippen molar-refractivity contribution in [3.63, 3.8) is 0 Å². The summed E-state index contributed by atoms with van der Waals surface area (Å²) < 4.78 is 30.6. The van der Waals surface area contributed by atoms with Crippen molar-refractivity contribution >= 4 is 28.4 Å². The van der Waals surface area contributed by atoms with Gasteiger partial charge in [-0.05, 0) is 73.4 Å². The molecule has 170 valence electrons. The van der Waals surface area contributed by atoms with Crippen LogP contribution in [-0.2, 0) is 22.3 Å². The lowest BCUT2D eigenvalue weighted by Crippen LogP contribution is -2.53. The summed E-state index contributed by atoms with van der Waals surface area (Å²) in [6.45, 7) is 2.24. The number of amides is 1. The number of nitrogens with one attached hydrogen (secondary N) is 1. The molecule has 6 rings (SSSR count). The first kappa shape index (κ1) is 20.6. The zero-order chi connectivity index (χ0) is 22.9. The van der Waals surface area contributed by atoms with Gasteiger partial charge in [-0.25, -0.2) is 8.60 Å². The Hall–Kier alpha value is -3.00. The van der Waals surface area contributed by atoms with Gasteiger partial charge in [0.05, 0.1) is 10.6 Å². The van der Waals surface area contributed by atoms with Crippen LogP contribution in [0.25, 0.3) is 0 Å². The van der Waals surface area contributed by atoms with Crippen LogP contribution in [0.4, 0.5) is 10.1 Å². The molecule has 2 aromatic rings. The molecule has 2 aromatic carbocycles. The van der Waals surface area contributed by atoms with Gasteiger partial charge in [-0.3, -0.25) is 4.79 Å². The van der Waals surface area contributed by atoms with Crippen molar-refractivity contribution in [1.29, 1.82) is 0 Å². The number of aryl methyl sites for hydroxylation is 1. The molecule has 2 bridgehead atoms. The molecule has 0 spiro atoms. The van der Waals surface area contributed by atoms with Crippen molar-refractivity contribution in [3.05, 3.63) is 70.7 Å². The fourth-order valence-electron chi connectivity index (χ4n) is 6.10. The molecule has 2 fully saturated rings. The summed E-state index contributed by atoms with van der Waals surface area (Å²) in [5.74, 6) is 0.0510. The number of aliphatic hydroxyl groups is 1. The monoisotopic (exact) mass is 465 g/mol. The van der Waals surface area contributed by atoms with Crippen LogP contribution in [0, 0.1) is 30.5 Å². The van der Waals surface area contributed by atoms with E-state index < -0.39 is 11.0 Å². The van der Waals surface area contributed by atoms with Gasteiger partial charge < -0.3 is 15.3 Å². The van der Waals surface area contributed by atoms with Crippen molar-refractivity contribution in [2.75, 3.05) is 5.32 Å². The van der Waals surface area contributed by atoms with Crippen molar-refractivity contribution < 1.29 is 18.5 Å². The van der Waals surface area contributed by atoms with Crippen LogP contribution >= 0.6 is 0 Å². The SMILES string of the molecule is Cc1ccc2c(c1)S(=O)N=C(C1=C(O)[C@@H]3[C@H]4CCC(C4)[C@@H]3N(Cc3ccc(F)cc3)C1=O)N2. The quantitative estimate of drug-likeness (QED) is 0.710. The smallest absolute Gasteiger partial charge is 0.261 e. The van der Waals surface area contributed by atoms with Gasteiger partial charge in [0.15, 0.2) is 16.8 Å². The molecular formula is C25H24FN3O3S. The van der Waals surface area contributed by atoms with Crippen LogP contribution in [0.5, 0.6) is 0 Å². The molecule has 4 aliphatic rings. The Bertz CT molecular complexity index is 1260. The van der Waals surface area contributed by atoms with E-state index in [0.717, 1.165) is 30.4 Å². The van der Waals surface area contributed by atoms with E-state index in [2.05, 4.69) is 9.71 Å². The van der Waals surface area contributed by atoms with Gasteiger partial charge in [-0.15, -0.1) is 0 Å². The third-order valence-electron chi connectivity index (χ3n) is 7.53. The van der Waals surface area contributed by atoms with Crippen LogP contribution in [0.15, 0.2) is 63.1 Å². The molecule has 2 N–H and O–H groups in total. The Morgan fingerprint density at radius 1 is 1.18 bits per heavy atom. The number of fused-ring (bicyclic) bond motifs is 6.